The maximum atomic E-state index is 11.8. The van der Waals surface area contributed by atoms with Gasteiger partial charge in [0.1, 0.15) is 0 Å². The van der Waals surface area contributed by atoms with Gasteiger partial charge in [0.25, 0.3) is 0 Å². The number of amides is 1. The Hall–Kier alpha value is -1.58. The SMILES string of the molecule is O=C1CCCN(C(=O)CCc2cc[nH]c2)C1. The Balaban J connectivity index is 1.81. The number of carbonyl (C=O) groups is 2. The number of hydrogen-bond acceptors (Lipinski definition) is 2. The Morgan fingerprint density at radius 1 is 1.50 bits per heavy atom. The molecule has 1 fully saturated rings. The number of carbonyl (C=O) groups excluding carboxylic acids is 2. The van der Waals surface area contributed by atoms with Gasteiger partial charge in [-0.15, -0.1) is 0 Å². The third-order valence-corrected chi connectivity index (χ3v) is 2.89. The number of hydrogen-bond donors (Lipinski definition) is 1. The van der Waals surface area contributed by atoms with E-state index in [1.807, 2.05) is 18.5 Å². The van der Waals surface area contributed by atoms with Crippen LogP contribution in [0.3, 0.4) is 0 Å². The van der Waals surface area contributed by atoms with E-state index in [-0.39, 0.29) is 11.7 Å². The van der Waals surface area contributed by atoms with E-state index in [9.17, 15) is 9.59 Å². The molecule has 1 N–H and O–H groups in total. The first-order chi connectivity index (χ1) is 7.75. The fraction of sp³-hybridized carbons (Fsp3) is 0.500. The van der Waals surface area contributed by atoms with Crippen molar-refractivity contribution in [3.63, 3.8) is 0 Å². The number of Topliss-reactive ketones (excluding diaryl/α,β-unsaturated/α-hetero) is 1. The third kappa shape index (κ3) is 2.72. The predicted molar refractivity (Wildman–Crippen MR) is 59.9 cm³/mol. The van der Waals surface area contributed by atoms with Crippen LogP contribution < -0.4 is 0 Å². The van der Waals surface area contributed by atoms with E-state index in [0.29, 0.717) is 19.4 Å². The van der Waals surface area contributed by atoms with Crippen LogP contribution in [-0.2, 0) is 16.0 Å². The molecule has 0 aromatic carbocycles. The monoisotopic (exact) mass is 220 g/mol. The number of aryl methyl sites for hydroxylation is 1. The van der Waals surface area contributed by atoms with Crippen molar-refractivity contribution in [1.29, 1.82) is 0 Å². The summed E-state index contributed by atoms with van der Waals surface area (Å²) < 4.78 is 0. The lowest BCUT2D eigenvalue weighted by Crippen LogP contribution is -2.40. The van der Waals surface area contributed by atoms with Gasteiger partial charge in [-0.3, -0.25) is 9.59 Å². The second-order valence-electron chi connectivity index (χ2n) is 4.18. The molecule has 4 nitrogen and oxygen atoms in total. The Bertz CT molecular complexity index is 370. The van der Waals surface area contributed by atoms with Gasteiger partial charge in [0.15, 0.2) is 5.78 Å². The molecule has 0 spiro atoms. The molecule has 1 amide bonds. The molecule has 4 heteroatoms. The van der Waals surface area contributed by atoms with Crippen LogP contribution in [0.2, 0.25) is 0 Å². The van der Waals surface area contributed by atoms with Crippen LogP contribution in [-0.4, -0.2) is 34.7 Å². The first-order valence-electron chi connectivity index (χ1n) is 5.67. The van der Waals surface area contributed by atoms with Crippen molar-refractivity contribution < 1.29 is 9.59 Å². The number of ketones is 1. The molecular weight excluding hydrogens is 204 g/mol. The molecule has 1 aromatic heterocycles. The van der Waals surface area contributed by atoms with Gasteiger partial charge in [0.05, 0.1) is 6.54 Å². The average molecular weight is 220 g/mol. The lowest BCUT2D eigenvalue weighted by molar-refractivity contribution is -0.137. The molecular formula is C12H16N2O2. The zero-order chi connectivity index (χ0) is 11.4. The number of rotatable bonds is 3. The first-order valence-corrected chi connectivity index (χ1v) is 5.67. The van der Waals surface area contributed by atoms with Crippen LogP contribution in [0.4, 0.5) is 0 Å². The van der Waals surface area contributed by atoms with Gasteiger partial charge in [-0.05, 0) is 24.5 Å². The van der Waals surface area contributed by atoms with Crippen molar-refractivity contribution in [3.05, 3.63) is 24.0 Å². The predicted octanol–water partition coefficient (Wildman–Crippen LogP) is 1.14. The molecule has 0 atom stereocenters. The minimum absolute atomic E-state index is 0.0919. The molecule has 0 saturated carbocycles. The molecule has 0 unspecified atom stereocenters. The van der Waals surface area contributed by atoms with Crippen LogP contribution >= 0.6 is 0 Å². The fourth-order valence-electron chi connectivity index (χ4n) is 1.97. The van der Waals surface area contributed by atoms with Gasteiger partial charge < -0.3 is 9.88 Å². The molecule has 86 valence electrons. The molecule has 1 aliphatic rings. The van der Waals surface area contributed by atoms with Gasteiger partial charge in [-0.25, -0.2) is 0 Å². The van der Waals surface area contributed by atoms with E-state index in [4.69, 9.17) is 0 Å². The molecule has 2 rings (SSSR count). The van der Waals surface area contributed by atoms with Crippen LogP contribution in [0.5, 0.6) is 0 Å². The summed E-state index contributed by atoms with van der Waals surface area (Å²) in [7, 11) is 0. The van der Waals surface area contributed by atoms with Gasteiger partial charge in [0.2, 0.25) is 5.91 Å². The number of likely N-dealkylation sites (tertiary alicyclic amines) is 1. The maximum absolute atomic E-state index is 11.8. The van der Waals surface area contributed by atoms with E-state index in [1.54, 1.807) is 4.90 Å². The Kier molecular flexibility index (Phi) is 3.39. The summed E-state index contributed by atoms with van der Waals surface area (Å²) in [6.07, 6.45) is 6.42. The largest absolute Gasteiger partial charge is 0.367 e. The van der Waals surface area contributed by atoms with Gasteiger partial charge in [-0.2, -0.15) is 0 Å². The summed E-state index contributed by atoms with van der Waals surface area (Å²) in [6.45, 7) is 1.05. The number of aromatic nitrogens is 1. The highest BCUT2D eigenvalue weighted by atomic mass is 16.2. The van der Waals surface area contributed by atoms with Crippen molar-refractivity contribution in [1.82, 2.24) is 9.88 Å². The Morgan fingerprint density at radius 2 is 2.38 bits per heavy atom. The van der Waals surface area contributed by atoms with E-state index in [2.05, 4.69) is 4.98 Å². The van der Waals surface area contributed by atoms with Gasteiger partial charge in [0, 0.05) is 31.8 Å². The van der Waals surface area contributed by atoms with Crippen LogP contribution in [0.15, 0.2) is 18.5 Å². The molecule has 1 aromatic rings. The van der Waals surface area contributed by atoms with Crippen LogP contribution in [0, 0.1) is 0 Å². The quantitative estimate of drug-likeness (QED) is 0.830. The zero-order valence-corrected chi connectivity index (χ0v) is 9.24. The summed E-state index contributed by atoms with van der Waals surface area (Å²) in [6, 6.07) is 1.97. The van der Waals surface area contributed by atoms with E-state index < -0.39 is 0 Å². The molecule has 0 aliphatic carbocycles. The third-order valence-electron chi connectivity index (χ3n) is 2.89. The second-order valence-corrected chi connectivity index (χ2v) is 4.18. The van der Waals surface area contributed by atoms with Crippen molar-refractivity contribution in [2.45, 2.75) is 25.7 Å². The van der Waals surface area contributed by atoms with Crippen molar-refractivity contribution in [3.8, 4) is 0 Å². The lowest BCUT2D eigenvalue weighted by atomic mass is 10.1. The molecule has 2 heterocycles. The molecule has 0 radical (unpaired) electrons. The number of aromatic amines is 1. The minimum atomic E-state index is 0.0919. The lowest BCUT2D eigenvalue weighted by Gasteiger charge is -2.25. The summed E-state index contributed by atoms with van der Waals surface area (Å²) in [5, 5.41) is 0. The molecule has 16 heavy (non-hydrogen) atoms. The highest BCUT2D eigenvalue weighted by Crippen LogP contribution is 2.09. The highest BCUT2D eigenvalue weighted by molar-refractivity contribution is 5.87. The molecule has 1 saturated heterocycles. The second kappa shape index (κ2) is 4.96. The van der Waals surface area contributed by atoms with Crippen LogP contribution in [0.1, 0.15) is 24.8 Å². The van der Waals surface area contributed by atoms with Crippen molar-refractivity contribution in [2.75, 3.05) is 13.1 Å². The van der Waals surface area contributed by atoms with E-state index in [0.717, 1.165) is 24.9 Å². The Morgan fingerprint density at radius 3 is 3.06 bits per heavy atom. The number of nitrogens with zero attached hydrogens (tertiary/aromatic N) is 1. The number of piperidine rings is 1. The highest BCUT2D eigenvalue weighted by Gasteiger charge is 2.20. The minimum Gasteiger partial charge on any atom is -0.367 e. The normalized spacial score (nSPS) is 16.5. The van der Waals surface area contributed by atoms with Crippen molar-refractivity contribution >= 4 is 11.7 Å². The van der Waals surface area contributed by atoms with E-state index >= 15 is 0 Å². The summed E-state index contributed by atoms with van der Waals surface area (Å²) in [5.41, 5.74) is 1.14. The molecule has 0 bridgehead atoms. The first kappa shape index (κ1) is 10.9. The van der Waals surface area contributed by atoms with E-state index in [1.165, 1.54) is 0 Å². The zero-order valence-electron chi connectivity index (χ0n) is 9.24. The standard InChI is InChI=1S/C12H16N2O2/c15-11-2-1-7-14(9-11)12(16)4-3-10-5-6-13-8-10/h5-6,8,13H,1-4,7,9H2. The number of nitrogens with one attached hydrogen (secondary N) is 1. The fourth-order valence-corrected chi connectivity index (χ4v) is 1.97. The summed E-state index contributed by atoms with van der Waals surface area (Å²) in [4.78, 5) is 27.7. The van der Waals surface area contributed by atoms with Gasteiger partial charge >= 0.3 is 0 Å². The molecule has 1 aliphatic heterocycles. The van der Waals surface area contributed by atoms with Crippen molar-refractivity contribution in [2.24, 2.45) is 0 Å². The smallest absolute Gasteiger partial charge is 0.223 e. The topological polar surface area (TPSA) is 53.2 Å². The summed E-state index contributed by atoms with van der Waals surface area (Å²) in [5.74, 6) is 0.274. The van der Waals surface area contributed by atoms with Crippen LogP contribution in [0.25, 0.3) is 0 Å². The maximum Gasteiger partial charge on any atom is 0.223 e. The average Bonchev–Trinajstić information content (AvgIpc) is 2.78. The summed E-state index contributed by atoms with van der Waals surface area (Å²) >= 11 is 0. The van der Waals surface area contributed by atoms with Gasteiger partial charge in [-0.1, -0.05) is 0 Å². The Labute approximate surface area is 94.6 Å². The number of H-pyrrole nitrogens is 1.